The Labute approximate surface area is 100 Å². The molecule has 2 heterocycles. The van der Waals surface area contributed by atoms with Crippen LogP contribution in [0, 0.1) is 0 Å². The van der Waals surface area contributed by atoms with Crippen molar-refractivity contribution in [2.75, 3.05) is 31.5 Å². The molecule has 0 atom stereocenters. The maximum absolute atomic E-state index is 4.22. The van der Waals surface area contributed by atoms with Gasteiger partial charge in [-0.15, -0.1) is 0 Å². The number of nitrogens with zero attached hydrogens (tertiary/aromatic N) is 4. The third-order valence-corrected chi connectivity index (χ3v) is 2.84. The maximum Gasteiger partial charge on any atom is 0.182 e. The lowest BCUT2D eigenvalue weighted by atomic mass is 10.4. The number of hydrogen-bond donors (Lipinski definition) is 2. The van der Waals surface area contributed by atoms with Crippen LogP contribution in [-0.2, 0) is 0 Å². The van der Waals surface area contributed by atoms with E-state index in [4.69, 9.17) is 0 Å². The van der Waals surface area contributed by atoms with Gasteiger partial charge in [0.05, 0.1) is 6.33 Å². The first kappa shape index (κ1) is 11.8. The van der Waals surface area contributed by atoms with Gasteiger partial charge >= 0.3 is 0 Å². The van der Waals surface area contributed by atoms with E-state index in [1.807, 2.05) is 0 Å². The predicted molar refractivity (Wildman–Crippen MR) is 68.0 cm³/mol. The third-order valence-electron chi connectivity index (χ3n) is 2.84. The fourth-order valence-corrected chi connectivity index (χ4v) is 1.77. The molecule has 0 saturated carbocycles. The van der Waals surface area contributed by atoms with E-state index in [1.165, 1.54) is 6.33 Å². The number of aromatic amines is 1. The van der Waals surface area contributed by atoms with Crippen molar-refractivity contribution >= 4 is 17.0 Å². The summed E-state index contributed by atoms with van der Waals surface area (Å²) in [6, 6.07) is 0. The lowest BCUT2D eigenvalue weighted by molar-refractivity contribution is 0.316. The van der Waals surface area contributed by atoms with Crippen LogP contribution in [0.2, 0.25) is 0 Å². The van der Waals surface area contributed by atoms with Crippen molar-refractivity contribution in [2.24, 2.45) is 0 Å². The topological polar surface area (TPSA) is 69.7 Å². The van der Waals surface area contributed by atoms with Crippen LogP contribution in [-0.4, -0.2) is 51.0 Å². The van der Waals surface area contributed by atoms with Crippen LogP contribution in [0.25, 0.3) is 11.2 Å². The van der Waals surface area contributed by atoms with Gasteiger partial charge in [-0.25, -0.2) is 15.0 Å². The van der Waals surface area contributed by atoms with Crippen molar-refractivity contribution in [3.8, 4) is 0 Å². The summed E-state index contributed by atoms with van der Waals surface area (Å²) >= 11 is 0. The Morgan fingerprint density at radius 1 is 1.24 bits per heavy atom. The highest BCUT2D eigenvalue weighted by atomic mass is 15.1. The van der Waals surface area contributed by atoms with Crippen LogP contribution in [0.4, 0.5) is 5.82 Å². The molecule has 0 aromatic carbocycles. The van der Waals surface area contributed by atoms with E-state index in [0.717, 1.165) is 37.5 Å². The lowest BCUT2D eigenvalue weighted by Crippen LogP contribution is -2.28. The normalized spacial score (nSPS) is 11.2. The van der Waals surface area contributed by atoms with Gasteiger partial charge in [0.2, 0.25) is 0 Å². The number of fused-ring (bicyclic) bond motifs is 1. The zero-order valence-electron chi connectivity index (χ0n) is 10.3. The van der Waals surface area contributed by atoms with E-state index in [-0.39, 0.29) is 0 Å². The summed E-state index contributed by atoms with van der Waals surface area (Å²) in [6.07, 6.45) is 3.16. The molecule has 2 N–H and O–H groups in total. The molecule has 0 aliphatic carbocycles. The zero-order valence-corrected chi connectivity index (χ0v) is 10.3. The minimum atomic E-state index is 0.699. The lowest BCUT2D eigenvalue weighted by Gasteiger charge is -2.18. The van der Waals surface area contributed by atoms with Gasteiger partial charge in [0.15, 0.2) is 11.5 Å². The van der Waals surface area contributed by atoms with E-state index in [1.54, 1.807) is 6.33 Å². The molecule has 0 bridgehead atoms. The Bertz CT molecular complexity index is 462. The minimum absolute atomic E-state index is 0.699. The molecule has 0 saturated heterocycles. The molecule has 0 amide bonds. The van der Waals surface area contributed by atoms with Gasteiger partial charge in [-0.2, -0.15) is 0 Å². The second kappa shape index (κ2) is 5.58. The van der Waals surface area contributed by atoms with Crippen LogP contribution < -0.4 is 5.32 Å². The van der Waals surface area contributed by atoms with E-state index < -0.39 is 0 Å². The fraction of sp³-hybridized carbons (Fsp3) is 0.545. The number of rotatable bonds is 6. The van der Waals surface area contributed by atoms with Crippen molar-refractivity contribution < 1.29 is 0 Å². The standard InChI is InChI=1S/C11H18N6/c1-3-17(4-2)6-5-12-10-9-11(14-7-13-9)16-8-15-10/h7-8H,3-6H2,1-2H3,(H2,12,13,14,15,16). The first-order valence-corrected chi connectivity index (χ1v) is 5.95. The molecule has 2 rings (SSSR count). The number of nitrogens with one attached hydrogen (secondary N) is 2. The number of imidazole rings is 1. The molecule has 0 fully saturated rings. The Kier molecular flexibility index (Phi) is 3.87. The molecule has 2 aromatic rings. The van der Waals surface area contributed by atoms with Gasteiger partial charge in [0, 0.05) is 13.1 Å². The highest BCUT2D eigenvalue weighted by Crippen LogP contribution is 2.13. The zero-order chi connectivity index (χ0) is 12.1. The van der Waals surface area contributed by atoms with Crippen LogP contribution >= 0.6 is 0 Å². The van der Waals surface area contributed by atoms with Crippen molar-refractivity contribution in [1.82, 2.24) is 24.8 Å². The van der Waals surface area contributed by atoms with Gasteiger partial charge in [-0.1, -0.05) is 13.8 Å². The van der Waals surface area contributed by atoms with Crippen LogP contribution in [0.15, 0.2) is 12.7 Å². The largest absolute Gasteiger partial charge is 0.367 e. The first-order chi connectivity index (χ1) is 8.35. The maximum atomic E-state index is 4.22. The summed E-state index contributed by atoms with van der Waals surface area (Å²) in [5.74, 6) is 0.819. The van der Waals surface area contributed by atoms with Crippen molar-refractivity contribution in [3.05, 3.63) is 12.7 Å². The smallest absolute Gasteiger partial charge is 0.182 e. The van der Waals surface area contributed by atoms with E-state index in [0.29, 0.717) is 5.65 Å². The summed E-state index contributed by atoms with van der Waals surface area (Å²) in [5.41, 5.74) is 1.57. The molecular weight excluding hydrogens is 216 g/mol. The second-order valence-electron chi connectivity index (χ2n) is 3.78. The number of hydrogen-bond acceptors (Lipinski definition) is 5. The molecule has 0 spiro atoms. The number of anilines is 1. The Morgan fingerprint density at radius 2 is 2.06 bits per heavy atom. The van der Waals surface area contributed by atoms with E-state index >= 15 is 0 Å². The summed E-state index contributed by atoms with van der Waals surface area (Å²) in [7, 11) is 0. The van der Waals surface area contributed by atoms with Crippen molar-refractivity contribution in [3.63, 3.8) is 0 Å². The monoisotopic (exact) mass is 234 g/mol. The number of likely N-dealkylation sites (N-methyl/N-ethyl adjacent to an activating group) is 1. The van der Waals surface area contributed by atoms with Crippen molar-refractivity contribution in [1.29, 1.82) is 0 Å². The first-order valence-electron chi connectivity index (χ1n) is 5.95. The minimum Gasteiger partial charge on any atom is -0.367 e. The average molecular weight is 234 g/mol. The summed E-state index contributed by atoms with van der Waals surface area (Å²) in [6.45, 7) is 8.35. The molecule has 0 aliphatic heterocycles. The van der Waals surface area contributed by atoms with Gasteiger partial charge in [0.1, 0.15) is 11.8 Å². The van der Waals surface area contributed by atoms with Gasteiger partial charge in [-0.3, -0.25) is 0 Å². The highest BCUT2D eigenvalue weighted by Gasteiger charge is 2.05. The molecule has 6 heteroatoms. The van der Waals surface area contributed by atoms with Crippen LogP contribution in [0.3, 0.4) is 0 Å². The Morgan fingerprint density at radius 3 is 2.82 bits per heavy atom. The summed E-state index contributed by atoms with van der Waals surface area (Å²) in [4.78, 5) is 17.8. The Hall–Kier alpha value is -1.69. The van der Waals surface area contributed by atoms with Crippen LogP contribution in [0.5, 0.6) is 0 Å². The molecule has 6 nitrogen and oxygen atoms in total. The van der Waals surface area contributed by atoms with Crippen molar-refractivity contribution in [2.45, 2.75) is 13.8 Å². The molecule has 92 valence electrons. The highest BCUT2D eigenvalue weighted by molar-refractivity contribution is 5.81. The quantitative estimate of drug-likeness (QED) is 0.783. The van der Waals surface area contributed by atoms with E-state index in [2.05, 4.69) is 44.0 Å². The molecule has 2 aromatic heterocycles. The van der Waals surface area contributed by atoms with E-state index in [9.17, 15) is 0 Å². The summed E-state index contributed by atoms with van der Waals surface area (Å²) < 4.78 is 0. The molecule has 17 heavy (non-hydrogen) atoms. The van der Waals surface area contributed by atoms with Gasteiger partial charge in [-0.05, 0) is 13.1 Å². The molecule has 0 aliphatic rings. The molecular formula is C11H18N6. The SMILES string of the molecule is CCN(CC)CCNc1ncnc2nc[nH]c12. The third kappa shape index (κ3) is 2.71. The van der Waals surface area contributed by atoms with Crippen LogP contribution in [0.1, 0.15) is 13.8 Å². The molecule has 0 radical (unpaired) electrons. The van der Waals surface area contributed by atoms with Gasteiger partial charge < -0.3 is 15.2 Å². The second-order valence-corrected chi connectivity index (χ2v) is 3.78. The predicted octanol–water partition coefficient (Wildman–Crippen LogP) is 1.11. The molecule has 0 unspecified atom stereocenters. The van der Waals surface area contributed by atoms with Gasteiger partial charge in [0.25, 0.3) is 0 Å². The number of aromatic nitrogens is 4. The summed E-state index contributed by atoms with van der Waals surface area (Å²) in [5, 5.41) is 3.31. The average Bonchev–Trinajstić information content (AvgIpc) is 2.83. The fourth-order valence-electron chi connectivity index (χ4n) is 1.77. The Balaban J connectivity index is 1.97. The number of H-pyrrole nitrogens is 1.